The molecule has 0 bridgehead atoms. The van der Waals surface area contributed by atoms with Crippen LogP contribution in [0.4, 0.5) is 11.6 Å². The molecular weight excluding hydrogens is 170 g/mol. The number of hydrogen-bond acceptors (Lipinski definition) is 7. The fourth-order valence-electron chi connectivity index (χ4n) is 0.709. The topological polar surface area (TPSA) is 137 Å². The van der Waals surface area contributed by atoms with E-state index in [1.165, 1.54) is 0 Å². The predicted octanol–water partition coefficient (Wildman–Crippen LogP) is -0.912. The minimum atomic E-state index is -0.0875. The number of aromatic nitrogens is 2. The molecule has 0 fully saturated rings. The van der Waals surface area contributed by atoms with E-state index in [9.17, 15) is 0 Å². The Morgan fingerprint density at radius 3 is 2.23 bits per heavy atom. The molecule has 0 aliphatic carbocycles. The zero-order chi connectivity index (χ0) is 9.84. The van der Waals surface area contributed by atoms with Gasteiger partial charge in [0.15, 0.2) is 23.0 Å². The highest BCUT2D eigenvalue weighted by Gasteiger charge is 2.09. The lowest BCUT2D eigenvalue weighted by molar-refractivity contribution is 1.11. The maximum absolute atomic E-state index is 8.56. The first-order chi connectivity index (χ1) is 6.22. The molecule has 7 heteroatoms. The van der Waals surface area contributed by atoms with Gasteiger partial charge in [-0.05, 0) is 0 Å². The molecule has 1 heterocycles. The van der Waals surface area contributed by atoms with Gasteiger partial charge in [0.05, 0.1) is 0 Å². The molecule has 64 valence electrons. The summed E-state index contributed by atoms with van der Waals surface area (Å²) in [6.07, 6.45) is 0. The molecule has 0 aromatic carbocycles. The molecule has 13 heavy (non-hydrogen) atoms. The second-order valence-corrected chi connectivity index (χ2v) is 2.02. The van der Waals surface area contributed by atoms with E-state index in [4.69, 9.17) is 22.1 Å². The highest BCUT2D eigenvalue weighted by Crippen LogP contribution is 2.12. The van der Waals surface area contributed by atoms with E-state index in [0.29, 0.717) is 0 Å². The van der Waals surface area contributed by atoms with E-state index in [0.717, 1.165) is 0 Å². The number of rotatable bonds is 1. The Labute approximate surface area is 73.6 Å². The molecule has 1 rings (SSSR count). The van der Waals surface area contributed by atoms with Crippen LogP contribution >= 0.6 is 0 Å². The van der Waals surface area contributed by atoms with E-state index in [1.54, 1.807) is 12.1 Å². The van der Waals surface area contributed by atoms with Gasteiger partial charge in [0.25, 0.3) is 0 Å². The number of hydrogen-bond donors (Lipinski definition) is 3. The van der Waals surface area contributed by atoms with Crippen LogP contribution in [-0.4, -0.2) is 9.97 Å². The summed E-state index contributed by atoms with van der Waals surface area (Å²) < 4.78 is 0. The van der Waals surface area contributed by atoms with Crippen LogP contribution in [-0.2, 0) is 0 Å². The van der Waals surface area contributed by atoms with Crippen LogP contribution in [0.3, 0.4) is 0 Å². The predicted molar refractivity (Wildman–Crippen MR) is 43.7 cm³/mol. The zero-order valence-electron chi connectivity index (χ0n) is 6.44. The van der Waals surface area contributed by atoms with Gasteiger partial charge in [-0.15, -0.1) is 0 Å². The lowest BCUT2D eigenvalue weighted by Gasteiger charge is -2.02. The fraction of sp³-hybridized carbons (Fsp3) is 0. The van der Waals surface area contributed by atoms with Gasteiger partial charge in [0, 0.05) is 0 Å². The Bertz CT molecular complexity index is 410. The van der Waals surface area contributed by atoms with Crippen molar-refractivity contribution < 1.29 is 0 Å². The number of hydrazine groups is 1. The third-order valence-corrected chi connectivity index (χ3v) is 1.27. The van der Waals surface area contributed by atoms with Crippen LogP contribution in [0.2, 0.25) is 0 Å². The molecule has 0 aliphatic rings. The molecule has 0 unspecified atom stereocenters. The normalized spacial score (nSPS) is 8.54. The summed E-state index contributed by atoms with van der Waals surface area (Å²) in [6, 6.07) is 3.43. The molecule has 1 aromatic rings. The average Bonchev–Trinajstić information content (AvgIpc) is 2.17. The molecule has 1 aromatic heterocycles. The van der Waals surface area contributed by atoms with Gasteiger partial charge in [-0.3, -0.25) is 0 Å². The monoisotopic (exact) mass is 175 g/mol. The Morgan fingerprint density at radius 1 is 1.15 bits per heavy atom. The maximum Gasteiger partial charge on any atom is 0.185 e. The lowest BCUT2D eigenvalue weighted by atomic mass is 10.4. The van der Waals surface area contributed by atoms with E-state index in [1.807, 2.05) is 0 Å². The third kappa shape index (κ3) is 1.45. The zero-order valence-corrected chi connectivity index (χ0v) is 6.44. The smallest absolute Gasteiger partial charge is 0.185 e. The van der Waals surface area contributed by atoms with Crippen LogP contribution in [0.1, 0.15) is 11.4 Å². The van der Waals surface area contributed by atoms with Crippen LogP contribution in [0, 0.1) is 22.7 Å². The van der Waals surface area contributed by atoms with Crippen molar-refractivity contribution in [1.82, 2.24) is 9.97 Å². The van der Waals surface area contributed by atoms with Crippen LogP contribution < -0.4 is 17.0 Å². The van der Waals surface area contributed by atoms with Crippen molar-refractivity contribution in [1.29, 1.82) is 10.5 Å². The highest BCUT2D eigenvalue weighted by atomic mass is 15.3. The third-order valence-electron chi connectivity index (χ3n) is 1.27. The first-order valence-corrected chi connectivity index (χ1v) is 3.17. The van der Waals surface area contributed by atoms with Gasteiger partial charge in [-0.1, -0.05) is 0 Å². The van der Waals surface area contributed by atoms with Crippen molar-refractivity contribution in [2.75, 3.05) is 11.2 Å². The van der Waals surface area contributed by atoms with Crippen molar-refractivity contribution in [2.45, 2.75) is 0 Å². The summed E-state index contributed by atoms with van der Waals surface area (Å²) in [7, 11) is 0. The SMILES string of the molecule is N#Cc1nc(C#N)c(NN)nc1N. The Hall–Kier alpha value is -2.38. The van der Waals surface area contributed by atoms with Gasteiger partial charge in [-0.2, -0.15) is 10.5 Å². The Balaban J connectivity index is 3.39. The molecule has 0 atom stereocenters. The van der Waals surface area contributed by atoms with Crippen LogP contribution in [0.25, 0.3) is 0 Å². The van der Waals surface area contributed by atoms with Gasteiger partial charge in [0.2, 0.25) is 0 Å². The van der Waals surface area contributed by atoms with Gasteiger partial charge in [0.1, 0.15) is 12.1 Å². The minimum Gasteiger partial charge on any atom is -0.381 e. The molecule has 0 aliphatic heterocycles. The maximum atomic E-state index is 8.56. The summed E-state index contributed by atoms with van der Waals surface area (Å²) in [6.45, 7) is 0. The summed E-state index contributed by atoms with van der Waals surface area (Å²) in [5.41, 5.74) is 7.33. The first-order valence-electron chi connectivity index (χ1n) is 3.17. The number of nitrogens with zero attached hydrogens (tertiary/aromatic N) is 4. The van der Waals surface area contributed by atoms with Crippen molar-refractivity contribution >= 4 is 11.6 Å². The lowest BCUT2D eigenvalue weighted by Crippen LogP contribution is -2.13. The minimum absolute atomic E-state index is 0.0546. The molecule has 0 amide bonds. The van der Waals surface area contributed by atoms with E-state index >= 15 is 0 Å². The summed E-state index contributed by atoms with van der Waals surface area (Å²) in [5.74, 6) is 5.04. The standard InChI is InChI=1S/C6H5N7/c7-1-3-5(9)12-6(13-10)4(2-8)11-3/h10H2,(H3,9,12,13). The van der Waals surface area contributed by atoms with Crippen molar-refractivity contribution in [3.05, 3.63) is 11.4 Å². The Morgan fingerprint density at radius 2 is 1.77 bits per heavy atom. The first kappa shape index (κ1) is 8.71. The van der Waals surface area contributed by atoms with Crippen LogP contribution in [0.15, 0.2) is 0 Å². The molecule has 0 saturated heterocycles. The second-order valence-electron chi connectivity index (χ2n) is 2.02. The number of anilines is 2. The Kier molecular flexibility index (Phi) is 2.24. The van der Waals surface area contributed by atoms with E-state index < -0.39 is 0 Å². The molecule has 7 nitrogen and oxygen atoms in total. The number of nitrogen functional groups attached to an aromatic ring is 2. The average molecular weight is 175 g/mol. The number of nitriles is 2. The van der Waals surface area contributed by atoms with E-state index in [2.05, 4.69) is 15.4 Å². The molecular formula is C6H5N7. The van der Waals surface area contributed by atoms with Crippen molar-refractivity contribution in [3.8, 4) is 12.1 Å². The van der Waals surface area contributed by atoms with Crippen molar-refractivity contribution in [2.24, 2.45) is 5.84 Å². The van der Waals surface area contributed by atoms with E-state index in [-0.39, 0.29) is 23.0 Å². The van der Waals surface area contributed by atoms with Gasteiger partial charge < -0.3 is 11.2 Å². The summed E-state index contributed by atoms with van der Waals surface area (Å²) in [5, 5.41) is 17.1. The van der Waals surface area contributed by atoms with Gasteiger partial charge >= 0.3 is 0 Å². The molecule has 0 radical (unpaired) electrons. The largest absolute Gasteiger partial charge is 0.381 e. The second kappa shape index (κ2) is 3.34. The van der Waals surface area contributed by atoms with Gasteiger partial charge in [-0.25, -0.2) is 15.8 Å². The molecule has 0 spiro atoms. The van der Waals surface area contributed by atoms with Crippen LogP contribution in [0.5, 0.6) is 0 Å². The number of nitrogens with one attached hydrogen (secondary N) is 1. The summed E-state index contributed by atoms with van der Waals surface area (Å²) >= 11 is 0. The molecule has 5 N–H and O–H groups in total. The quantitative estimate of drug-likeness (QED) is 0.371. The van der Waals surface area contributed by atoms with Crippen molar-refractivity contribution in [3.63, 3.8) is 0 Å². The highest BCUT2D eigenvalue weighted by molar-refractivity contribution is 5.55. The fourth-order valence-corrected chi connectivity index (χ4v) is 0.709. The molecule has 0 saturated carbocycles. The number of nitrogens with two attached hydrogens (primary N) is 2. The summed E-state index contributed by atoms with van der Waals surface area (Å²) in [4.78, 5) is 7.30.